The molecule has 0 spiro atoms. The SMILES string of the molecule is CCN(CC)c1ccc(C2=CC(=O)c3ccccc3C2=O)c(OC)c1. The summed E-state index contributed by atoms with van der Waals surface area (Å²) in [6.45, 7) is 5.94. The van der Waals surface area contributed by atoms with Crippen molar-refractivity contribution >= 4 is 22.8 Å². The normalized spacial score (nSPS) is 13.3. The van der Waals surface area contributed by atoms with Gasteiger partial charge in [-0.25, -0.2) is 0 Å². The van der Waals surface area contributed by atoms with Crippen LogP contribution in [-0.4, -0.2) is 31.8 Å². The first-order valence-electron chi connectivity index (χ1n) is 8.43. The van der Waals surface area contributed by atoms with Gasteiger partial charge in [0.15, 0.2) is 11.6 Å². The number of methoxy groups -OCH3 is 1. The van der Waals surface area contributed by atoms with Crippen molar-refractivity contribution in [2.45, 2.75) is 13.8 Å². The van der Waals surface area contributed by atoms with Gasteiger partial charge in [0.25, 0.3) is 0 Å². The molecule has 0 unspecified atom stereocenters. The number of nitrogens with zero attached hydrogens (tertiary/aromatic N) is 1. The largest absolute Gasteiger partial charge is 0.496 e. The quantitative estimate of drug-likeness (QED) is 0.828. The van der Waals surface area contributed by atoms with E-state index >= 15 is 0 Å². The lowest BCUT2D eigenvalue weighted by atomic mass is 9.86. The van der Waals surface area contributed by atoms with Gasteiger partial charge in [0, 0.05) is 47.1 Å². The lowest BCUT2D eigenvalue weighted by molar-refractivity contribution is 0.100. The van der Waals surface area contributed by atoms with Gasteiger partial charge >= 0.3 is 0 Å². The van der Waals surface area contributed by atoms with Crippen molar-refractivity contribution in [3.63, 3.8) is 0 Å². The Labute approximate surface area is 147 Å². The number of rotatable bonds is 5. The zero-order valence-electron chi connectivity index (χ0n) is 14.7. The fraction of sp³-hybridized carbons (Fsp3) is 0.238. The summed E-state index contributed by atoms with van der Waals surface area (Å²) >= 11 is 0. The summed E-state index contributed by atoms with van der Waals surface area (Å²) < 4.78 is 5.52. The fourth-order valence-corrected chi connectivity index (χ4v) is 3.20. The molecule has 0 fully saturated rings. The van der Waals surface area contributed by atoms with E-state index in [0.29, 0.717) is 28.0 Å². The molecular weight excluding hydrogens is 314 g/mol. The summed E-state index contributed by atoms with van der Waals surface area (Å²) in [4.78, 5) is 27.5. The Balaban J connectivity index is 2.08. The van der Waals surface area contributed by atoms with Gasteiger partial charge < -0.3 is 9.64 Å². The Kier molecular flexibility index (Phi) is 4.70. The molecular formula is C21H21NO3. The van der Waals surface area contributed by atoms with Crippen molar-refractivity contribution in [2.75, 3.05) is 25.1 Å². The minimum absolute atomic E-state index is 0.149. The molecule has 0 saturated heterocycles. The third kappa shape index (κ3) is 2.95. The van der Waals surface area contributed by atoms with Gasteiger partial charge in [-0.15, -0.1) is 0 Å². The summed E-state index contributed by atoms with van der Waals surface area (Å²) in [5.74, 6) is 0.292. The summed E-state index contributed by atoms with van der Waals surface area (Å²) in [5, 5.41) is 0. The van der Waals surface area contributed by atoms with Gasteiger partial charge in [-0.2, -0.15) is 0 Å². The average Bonchev–Trinajstić information content (AvgIpc) is 2.65. The number of carbonyl (C=O) groups is 2. The lowest BCUT2D eigenvalue weighted by Gasteiger charge is -2.23. The first-order chi connectivity index (χ1) is 12.1. The number of hydrogen-bond acceptors (Lipinski definition) is 4. The van der Waals surface area contributed by atoms with Crippen LogP contribution in [-0.2, 0) is 0 Å². The van der Waals surface area contributed by atoms with Crippen LogP contribution in [0.15, 0.2) is 48.5 Å². The standard InChI is InChI=1S/C21H21NO3/c1-4-22(5-2)14-10-11-16(20(12-14)25-3)18-13-19(23)15-8-6-7-9-17(15)21(18)24/h6-13H,4-5H2,1-3H3. The van der Waals surface area contributed by atoms with E-state index < -0.39 is 0 Å². The van der Waals surface area contributed by atoms with E-state index in [9.17, 15) is 9.59 Å². The maximum atomic E-state index is 12.9. The van der Waals surface area contributed by atoms with E-state index in [1.54, 1.807) is 31.4 Å². The zero-order valence-corrected chi connectivity index (χ0v) is 14.7. The maximum absolute atomic E-state index is 12.9. The number of anilines is 1. The van der Waals surface area contributed by atoms with E-state index in [-0.39, 0.29) is 11.6 Å². The van der Waals surface area contributed by atoms with Crippen LogP contribution in [0.2, 0.25) is 0 Å². The number of Topliss-reactive ketones (excluding diaryl/α,β-unsaturated/α-hetero) is 1. The second-order valence-corrected chi connectivity index (χ2v) is 5.85. The van der Waals surface area contributed by atoms with Crippen LogP contribution in [0.4, 0.5) is 5.69 Å². The number of hydrogen-bond donors (Lipinski definition) is 0. The van der Waals surface area contributed by atoms with Crippen LogP contribution < -0.4 is 9.64 Å². The lowest BCUT2D eigenvalue weighted by Crippen LogP contribution is -2.22. The molecule has 0 atom stereocenters. The molecule has 0 amide bonds. The number of ether oxygens (including phenoxy) is 1. The van der Waals surface area contributed by atoms with Crippen molar-refractivity contribution in [1.29, 1.82) is 0 Å². The van der Waals surface area contributed by atoms with Crippen molar-refractivity contribution in [1.82, 2.24) is 0 Å². The number of fused-ring (bicyclic) bond motifs is 1. The molecule has 0 aromatic heterocycles. The van der Waals surface area contributed by atoms with E-state index in [0.717, 1.165) is 18.8 Å². The van der Waals surface area contributed by atoms with E-state index in [2.05, 4.69) is 18.7 Å². The highest BCUT2D eigenvalue weighted by molar-refractivity contribution is 6.39. The van der Waals surface area contributed by atoms with Crippen molar-refractivity contribution in [2.24, 2.45) is 0 Å². The number of carbonyl (C=O) groups excluding carboxylic acids is 2. The smallest absolute Gasteiger partial charge is 0.194 e. The van der Waals surface area contributed by atoms with Gasteiger partial charge in [-0.1, -0.05) is 24.3 Å². The van der Waals surface area contributed by atoms with Crippen LogP contribution >= 0.6 is 0 Å². The molecule has 128 valence electrons. The molecule has 0 aliphatic heterocycles. The van der Waals surface area contributed by atoms with Crippen LogP contribution in [0.25, 0.3) is 5.57 Å². The molecule has 25 heavy (non-hydrogen) atoms. The van der Waals surface area contributed by atoms with Gasteiger partial charge in [0.1, 0.15) is 5.75 Å². The Hall–Kier alpha value is -2.88. The van der Waals surface area contributed by atoms with E-state index in [1.165, 1.54) is 6.08 Å². The molecule has 2 aromatic carbocycles. The van der Waals surface area contributed by atoms with Crippen molar-refractivity contribution in [3.05, 3.63) is 65.2 Å². The third-order valence-corrected chi connectivity index (χ3v) is 4.56. The van der Waals surface area contributed by atoms with Gasteiger partial charge in [-0.3, -0.25) is 9.59 Å². The van der Waals surface area contributed by atoms with Crippen LogP contribution in [0.1, 0.15) is 40.1 Å². The molecule has 0 saturated carbocycles. The van der Waals surface area contributed by atoms with Crippen LogP contribution in [0.3, 0.4) is 0 Å². The second kappa shape index (κ2) is 6.93. The Morgan fingerprint density at radius 1 is 0.920 bits per heavy atom. The predicted molar refractivity (Wildman–Crippen MR) is 99.6 cm³/mol. The number of allylic oxidation sites excluding steroid dienone is 2. The van der Waals surface area contributed by atoms with E-state index in [1.807, 2.05) is 18.2 Å². The molecule has 3 rings (SSSR count). The molecule has 1 aliphatic carbocycles. The predicted octanol–water partition coefficient (Wildman–Crippen LogP) is 4.00. The van der Waals surface area contributed by atoms with Crippen LogP contribution in [0.5, 0.6) is 5.75 Å². The maximum Gasteiger partial charge on any atom is 0.194 e. The minimum atomic E-state index is -0.153. The minimum Gasteiger partial charge on any atom is -0.496 e. The first-order valence-corrected chi connectivity index (χ1v) is 8.43. The highest BCUT2D eigenvalue weighted by Gasteiger charge is 2.27. The monoisotopic (exact) mass is 335 g/mol. The Morgan fingerprint density at radius 2 is 1.60 bits per heavy atom. The van der Waals surface area contributed by atoms with Gasteiger partial charge in [0.05, 0.1) is 7.11 Å². The van der Waals surface area contributed by atoms with E-state index in [4.69, 9.17) is 4.74 Å². The Bertz CT molecular complexity index is 863. The second-order valence-electron chi connectivity index (χ2n) is 5.85. The number of benzene rings is 2. The molecule has 1 aliphatic rings. The highest BCUT2D eigenvalue weighted by Crippen LogP contribution is 2.35. The molecule has 0 bridgehead atoms. The molecule has 0 radical (unpaired) electrons. The highest BCUT2D eigenvalue weighted by atomic mass is 16.5. The van der Waals surface area contributed by atoms with Gasteiger partial charge in [-0.05, 0) is 32.1 Å². The topological polar surface area (TPSA) is 46.6 Å². The first kappa shape index (κ1) is 17.0. The average molecular weight is 335 g/mol. The summed E-state index contributed by atoms with van der Waals surface area (Å²) in [6.07, 6.45) is 1.42. The van der Waals surface area contributed by atoms with Crippen molar-refractivity contribution in [3.8, 4) is 5.75 Å². The zero-order chi connectivity index (χ0) is 18.0. The molecule has 2 aromatic rings. The molecule has 4 heteroatoms. The van der Waals surface area contributed by atoms with Crippen molar-refractivity contribution < 1.29 is 14.3 Å². The summed E-state index contributed by atoms with van der Waals surface area (Å²) in [5.41, 5.74) is 2.95. The van der Waals surface area contributed by atoms with Crippen LogP contribution in [0, 0.1) is 0 Å². The molecule has 0 N–H and O–H groups in total. The Morgan fingerprint density at radius 3 is 2.24 bits per heavy atom. The summed E-state index contributed by atoms with van der Waals surface area (Å²) in [7, 11) is 1.58. The molecule has 4 nitrogen and oxygen atoms in total. The third-order valence-electron chi connectivity index (χ3n) is 4.56. The number of ketones is 2. The molecule has 0 heterocycles. The summed E-state index contributed by atoms with van der Waals surface area (Å²) in [6, 6.07) is 12.7. The van der Waals surface area contributed by atoms with Gasteiger partial charge in [0.2, 0.25) is 0 Å². The fourth-order valence-electron chi connectivity index (χ4n) is 3.20.